The van der Waals surface area contributed by atoms with Gasteiger partial charge in [0, 0.05) is 5.56 Å². The minimum atomic E-state index is -0.940. The summed E-state index contributed by atoms with van der Waals surface area (Å²) in [6, 6.07) is 14.8. The normalized spacial score (nSPS) is 10.2. The molecule has 0 aliphatic heterocycles. The van der Waals surface area contributed by atoms with Gasteiger partial charge in [-0.05, 0) is 30.2 Å². The minimum Gasteiger partial charge on any atom is -0.493 e. The Balaban J connectivity index is 2.37. The Morgan fingerprint density at radius 3 is 2.55 bits per heavy atom. The van der Waals surface area contributed by atoms with E-state index in [4.69, 9.17) is 9.84 Å². The van der Waals surface area contributed by atoms with Gasteiger partial charge in [-0.15, -0.1) is 0 Å². The van der Waals surface area contributed by atoms with E-state index in [1.54, 1.807) is 18.2 Å². The average molecular weight is 270 g/mol. The smallest absolute Gasteiger partial charge is 0.335 e. The zero-order chi connectivity index (χ0) is 14.4. The molecule has 2 rings (SSSR count). The van der Waals surface area contributed by atoms with Crippen molar-refractivity contribution >= 4 is 5.97 Å². The number of benzene rings is 2. The molecular weight excluding hydrogens is 252 g/mol. The Hall–Kier alpha value is -2.29. The van der Waals surface area contributed by atoms with E-state index in [-0.39, 0.29) is 5.56 Å². The van der Waals surface area contributed by atoms with Crippen molar-refractivity contribution in [1.82, 2.24) is 0 Å². The topological polar surface area (TPSA) is 46.5 Å². The standard InChI is InChI=1S/C17H18O3/c1-2-3-11-20-16-12-14(17(18)19)9-10-15(16)13-7-5-4-6-8-13/h4-10,12H,2-3,11H2,1H3,(H,18,19). The largest absolute Gasteiger partial charge is 0.493 e. The molecule has 0 fully saturated rings. The Morgan fingerprint density at radius 2 is 1.90 bits per heavy atom. The van der Waals surface area contributed by atoms with Gasteiger partial charge in [-0.1, -0.05) is 43.7 Å². The number of carbonyl (C=O) groups is 1. The highest BCUT2D eigenvalue weighted by atomic mass is 16.5. The molecule has 2 aromatic carbocycles. The second-order valence-corrected chi connectivity index (χ2v) is 4.58. The highest BCUT2D eigenvalue weighted by Crippen LogP contribution is 2.31. The zero-order valence-electron chi connectivity index (χ0n) is 11.5. The third-order valence-electron chi connectivity index (χ3n) is 3.07. The first-order valence-corrected chi connectivity index (χ1v) is 6.78. The molecule has 0 saturated heterocycles. The highest BCUT2D eigenvalue weighted by molar-refractivity contribution is 5.89. The molecule has 0 spiro atoms. The lowest BCUT2D eigenvalue weighted by Crippen LogP contribution is -2.02. The van der Waals surface area contributed by atoms with Crippen LogP contribution >= 0.6 is 0 Å². The predicted octanol–water partition coefficient (Wildman–Crippen LogP) is 4.23. The number of hydrogen-bond acceptors (Lipinski definition) is 2. The molecular formula is C17H18O3. The van der Waals surface area contributed by atoms with Crippen LogP contribution in [0.4, 0.5) is 0 Å². The van der Waals surface area contributed by atoms with Crippen LogP contribution < -0.4 is 4.74 Å². The van der Waals surface area contributed by atoms with Crippen LogP contribution in [-0.2, 0) is 0 Å². The van der Waals surface area contributed by atoms with E-state index in [0.717, 1.165) is 24.0 Å². The highest BCUT2D eigenvalue weighted by Gasteiger charge is 2.11. The minimum absolute atomic E-state index is 0.246. The maximum absolute atomic E-state index is 11.1. The van der Waals surface area contributed by atoms with Gasteiger partial charge in [0.05, 0.1) is 12.2 Å². The summed E-state index contributed by atoms with van der Waals surface area (Å²) in [6.45, 7) is 2.69. The van der Waals surface area contributed by atoms with Crippen molar-refractivity contribution in [2.75, 3.05) is 6.61 Å². The van der Waals surface area contributed by atoms with Gasteiger partial charge in [0.25, 0.3) is 0 Å². The molecule has 0 saturated carbocycles. The van der Waals surface area contributed by atoms with Crippen LogP contribution in [0.25, 0.3) is 11.1 Å². The fourth-order valence-electron chi connectivity index (χ4n) is 1.96. The number of aromatic carboxylic acids is 1. The number of carboxylic acid groups (broad SMARTS) is 1. The molecule has 3 nitrogen and oxygen atoms in total. The molecule has 104 valence electrons. The van der Waals surface area contributed by atoms with Crippen LogP contribution in [0.5, 0.6) is 5.75 Å². The molecule has 1 N–H and O–H groups in total. The maximum atomic E-state index is 11.1. The fourth-order valence-corrected chi connectivity index (χ4v) is 1.96. The molecule has 0 aromatic heterocycles. The fraction of sp³-hybridized carbons (Fsp3) is 0.235. The molecule has 0 aliphatic carbocycles. The Morgan fingerprint density at radius 1 is 1.15 bits per heavy atom. The summed E-state index contributed by atoms with van der Waals surface area (Å²) < 4.78 is 5.76. The first-order valence-electron chi connectivity index (χ1n) is 6.78. The van der Waals surface area contributed by atoms with Crippen molar-refractivity contribution in [1.29, 1.82) is 0 Å². The summed E-state index contributed by atoms with van der Waals surface area (Å²) in [5, 5.41) is 9.09. The predicted molar refractivity (Wildman–Crippen MR) is 79.2 cm³/mol. The number of rotatable bonds is 6. The summed E-state index contributed by atoms with van der Waals surface area (Å²) in [7, 11) is 0. The first-order chi connectivity index (χ1) is 9.72. The molecule has 0 radical (unpaired) electrons. The molecule has 3 heteroatoms. The summed E-state index contributed by atoms with van der Waals surface area (Å²) >= 11 is 0. The van der Waals surface area contributed by atoms with E-state index in [1.807, 2.05) is 30.3 Å². The van der Waals surface area contributed by atoms with Gasteiger partial charge in [-0.25, -0.2) is 4.79 Å². The van der Waals surface area contributed by atoms with Crippen molar-refractivity contribution in [2.45, 2.75) is 19.8 Å². The van der Waals surface area contributed by atoms with E-state index in [9.17, 15) is 4.79 Å². The summed E-state index contributed by atoms with van der Waals surface area (Å²) in [6.07, 6.45) is 1.99. The van der Waals surface area contributed by atoms with E-state index < -0.39 is 5.97 Å². The molecule has 20 heavy (non-hydrogen) atoms. The second-order valence-electron chi connectivity index (χ2n) is 4.58. The van der Waals surface area contributed by atoms with Crippen molar-refractivity contribution in [2.24, 2.45) is 0 Å². The molecule has 0 aliphatic rings. The average Bonchev–Trinajstić information content (AvgIpc) is 2.48. The quantitative estimate of drug-likeness (QED) is 0.799. The van der Waals surface area contributed by atoms with Gasteiger partial charge in [0.1, 0.15) is 5.75 Å². The van der Waals surface area contributed by atoms with Gasteiger partial charge in [-0.2, -0.15) is 0 Å². The second kappa shape index (κ2) is 6.75. The molecule has 0 atom stereocenters. The summed E-state index contributed by atoms with van der Waals surface area (Å²) in [5.74, 6) is -0.311. The van der Waals surface area contributed by atoms with Crippen LogP contribution in [0, 0.1) is 0 Å². The lowest BCUT2D eigenvalue weighted by atomic mass is 10.0. The van der Waals surface area contributed by atoms with E-state index in [0.29, 0.717) is 12.4 Å². The maximum Gasteiger partial charge on any atom is 0.335 e. The molecule has 0 bridgehead atoms. The third-order valence-corrected chi connectivity index (χ3v) is 3.07. The number of ether oxygens (including phenoxy) is 1. The van der Waals surface area contributed by atoms with Crippen molar-refractivity contribution < 1.29 is 14.6 Å². The number of carboxylic acids is 1. The van der Waals surface area contributed by atoms with Crippen LogP contribution in [-0.4, -0.2) is 17.7 Å². The summed E-state index contributed by atoms with van der Waals surface area (Å²) in [4.78, 5) is 11.1. The molecule has 0 unspecified atom stereocenters. The summed E-state index contributed by atoms with van der Waals surface area (Å²) in [5.41, 5.74) is 2.19. The van der Waals surface area contributed by atoms with Gasteiger partial charge < -0.3 is 9.84 Å². The van der Waals surface area contributed by atoms with E-state index >= 15 is 0 Å². The van der Waals surface area contributed by atoms with Crippen molar-refractivity contribution in [3.63, 3.8) is 0 Å². The number of hydrogen-bond donors (Lipinski definition) is 1. The van der Waals surface area contributed by atoms with Gasteiger partial charge >= 0.3 is 5.97 Å². The van der Waals surface area contributed by atoms with Gasteiger partial charge in [0.15, 0.2) is 0 Å². The first kappa shape index (κ1) is 14.1. The molecule has 0 heterocycles. The van der Waals surface area contributed by atoms with Gasteiger partial charge in [-0.3, -0.25) is 0 Å². The van der Waals surface area contributed by atoms with Gasteiger partial charge in [0.2, 0.25) is 0 Å². The number of unbranched alkanes of at least 4 members (excludes halogenated alkanes) is 1. The van der Waals surface area contributed by atoms with Crippen LogP contribution in [0.2, 0.25) is 0 Å². The van der Waals surface area contributed by atoms with Crippen molar-refractivity contribution in [3.05, 3.63) is 54.1 Å². The Kier molecular flexibility index (Phi) is 4.77. The Labute approximate surface area is 118 Å². The SMILES string of the molecule is CCCCOc1cc(C(=O)O)ccc1-c1ccccc1. The lowest BCUT2D eigenvalue weighted by Gasteiger charge is -2.12. The van der Waals surface area contributed by atoms with Crippen LogP contribution in [0.15, 0.2) is 48.5 Å². The third kappa shape index (κ3) is 3.38. The van der Waals surface area contributed by atoms with Crippen LogP contribution in [0.3, 0.4) is 0 Å². The van der Waals surface area contributed by atoms with Crippen LogP contribution in [0.1, 0.15) is 30.1 Å². The monoisotopic (exact) mass is 270 g/mol. The Bertz CT molecular complexity index is 576. The van der Waals surface area contributed by atoms with Crippen molar-refractivity contribution in [3.8, 4) is 16.9 Å². The molecule has 2 aromatic rings. The zero-order valence-corrected chi connectivity index (χ0v) is 11.5. The van der Waals surface area contributed by atoms with E-state index in [1.165, 1.54) is 0 Å². The van der Waals surface area contributed by atoms with E-state index in [2.05, 4.69) is 6.92 Å². The molecule has 0 amide bonds. The lowest BCUT2D eigenvalue weighted by molar-refractivity contribution is 0.0696.